The summed E-state index contributed by atoms with van der Waals surface area (Å²) in [4.78, 5) is 11.3. The summed E-state index contributed by atoms with van der Waals surface area (Å²) in [7, 11) is 0. The van der Waals surface area contributed by atoms with E-state index in [0.717, 1.165) is 0 Å². The highest BCUT2D eigenvalue weighted by Crippen LogP contribution is 2.16. The Morgan fingerprint density at radius 1 is 1.33 bits per heavy atom. The van der Waals surface area contributed by atoms with Crippen LogP contribution in [-0.2, 0) is 0 Å². The second-order valence-electron chi connectivity index (χ2n) is 2.70. The van der Waals surface area contributed by atoms with Gasteiger partial charge in [-0.3, -0.25) is 0 Å². The molecule has 0 atom stereocenters. The van der Waals surface area contributed by atoms with Gasteiger partial charge < -0.3 is 9.26 Å². The molecular weight excluding hydrogens is 201 g/mol. The van der Waals surface area contributed by atoms with Gasteiger partial charge in [-0.1, -0.05) is 17.3 Å². The van der Waals surface area contributed by atoms with Gasteiger partial charge in [0.05, 0.1) is 6.20 Å². The monoisotopic (exact) mass is 207 g/mol. The number of halogens is 1. The number of ether oxygens (including phenoxy) is 1. The lowest BCUT2D eigenvalue weighted by atomic mass is 10.3. The van der Waals surface area contributed by atoms with Crippen molar-refractivity contribution < 1.29 is 18.4 Å². The van der Waals surface area contributed by atoms with Crippen LogP contribution in [0.4, 0.5) is 4.39 Å². The van der Waals surface area contributed by atoms with E-state index in [1.54, 1.807) is 6.07 Å². The fraction of sp³-hybridized carbons (Fsp3) is 0. The number of esters is 1. The summed E-state index contributed by atoms with van der Waals surface area (Å²) in [5.74, 6) is -1.60. The Morgan fingerprint density at radius 2 is 2.13 bits per heavy atom. The maximum Gasteiger partial charge on any atom is 0.382 e. The minimum atomic E-state index is -0.780. The van der Waals surface area contributed by atoms with E-state index >= 15 is 0 Å². The highest BCUT2D eigenvalue weighted by Gasteiger charge is 2.14. The summed E-state index contributed by atoms with van der Waals surface area (Å²) in [6, 6.07) is 6.95. The van der Waals surface area contributed by atoms with Crippen molar-refractivity contribution in [2.24, 2.45) is 0 Å². The van der Waals surface area contributed by atoms with E-state index in [0.29, 0.717) is 0 Å². The maximum atomic E-state index is 13.1. The van der Waals surface area contributed by atoms with Crippen molar-refractivity contribution in [1.82, 2.24) is 5.16 Å². The Bertz CT molecular complexity index is 467. The first-order valence-corrected chi connectivity index (χ1v) is 4.15. The summed E-state index contributed by atoms with van der Waals surface area (Å²) in [5.41, 5.74) is 0. The molecule has 5 heteroatoms. The van der Waals surface area contributed by atoms with Gasteiger partial charge in [0.25, 0.3) is 0 Å². The van der Waals surface area contributed by atoms with Crippen LogP contribution in [0.15, 0.2) is 41.1 Å². The minimum absolute atomic E-state index is 0.0711. The van der Waals surface area contributed by atoms with E-state index in [1.807, 2.05) is 0 Å². The zero-order valence-electron chi connectivity index (χ0n) is 7.51. The second-order valence-corrected chi connectivity index (χ2v) is 2.70. The molecule has 0 bridgehead atoms. The molecule has 0 aliphatic carbocycles. The third kappa shape index (κ3) is 2.01. The van der Waals surface area contributed by atoms with Crippen LogP contribution in [0.25, 0.3) is 0 Å². The molecule has 0 fully saturated rings. The average molecular weight is 207 g/mol. The number of hydrogen-bond acceptors (Lipinski definition) is 4. The Labute approximate surface area is 84.3 Å². The molecule has 0 N–H and O–H groups in total. The zero-order chi connectivity index (χ0) is 10.7. The van der Waals surface area contributed by atoms with Crippen LogP contribution in [-0.4, -0.2) is 11.1 Å². The molecule has 0 amide bonds. The lowest BCUT2D eigenvalue weighted by molar-refractivity contribution is 0.0684. The molecule has 0 unspecified atom stereocenters. The van der Waals surface area contributed by atoms with E-state index < -0.39 is 11.8 Å². The molecule has 0 aliphatic rings. The van der Waals surface area contributed by atoms with Crippen LogP contribution in [0.3, 0.4) is 0 Å². The fourth-order valence-electron chi connectivity index (χ4n) is 0.999. The summed E-state index contributed by atoms with van der Waals surface area (Å²) in [5, 5.41) is 3.34. The predicted molar refractivity (Wildman–Crippen MR) is 47.9 cm³/mol. The van der Waals surface area contributed by atoms with Gasteiger partial charge in [-0.05, 0) is 12.1 Å². The number of rotatable bonds is 2. The topological polar surface area (TPSA) is 52.3 Å². The average Bonchev–Trinajstić information content (AvgIpc) is 2.74. The largest absolute Gasteiger partial charge is 0.417 e. The number of carbonyl (C=O) groups excluding carboxylic acids is 1. The third-order valence-corrected chi connectivity index (χ3v) is 1.68. The minimum Gasteiger partial charge on any atom is -0.417 e. The Kier molecular flexibility index (Phi) is 2.45. The number of hydrogen-bond donors (Lipinski definition) is 0. The van der Waals surface area contributed by atoms with E-state index in [1.165, 1.54) is 30.5 Å². The molecular formula is C10H6FNO3. The zero-order valence-corrected chi connectivity index (χ0v) is 7.51. The first kappa shape index (κ1) is 9.39. The number of para-hydroxylation sites is 1. The fourth-order valence-corrected chi connectivity index (χ4v) is 0.999. The standard InChI is InChI=1S/C10H6FNO3/c11-7-3-1-2-4-8(7)14-10(13)9-5-6-12-15-9/h1-6H. The van der Waals surface area contributed by atoms with Gasteiger partial charge in [0, 0.05) is 6.07 Å². The lowest BCUT2D eigenvalue weighted by Crippen LogP contribution is -2.08. The molecule has 1 heterocycles. The van der Waals surface area contributed by atoms with Crippen LogP contribution in [0, 0.1) is 5.82 Å². The quantitative estimate of drug-likeness (QED) is 0.558. The summed E-state index contributed by atoms with van der Waals surface area (Å²) >= 11 is 0. The van der Waals surface area contributed by atoms with Crippen molar-refractivity contribution in [3.63, 3.8) is 0 Å². The first-order valence-electron chi connectivity index (χ1n) is 4.15. The van der Waals surface area contributed by atoms with Crippen molar-refractivity contribution in [3.05, 3.63) is 48.1 Å². The molecule has 4 nitrogen and oxygen atoms in total. The summed E-state index contributed by atoms with van der Waals surface area (Å²) < 4.78 is 22.4. The smallest absolute Gasteiger partial charge is 0.382 e. The number of carbonyl (C=O) groups is 1. The van der Waals surface area contributed by atoms with Crippen molar-refractivity contribution in [1.29, 1.82) is 0 Å². The molecule has 2 aromatic rings. The highest BCUT2D eigenvalue weighted by molar-refractivity contribution is 5.87. The molecule has 15 heavy (non-hydrogen) atoms. The molecule has 1 aromatic carbocycles. The lowest BCUT2D eigenvalue weighted by Gasteiger charge is -2.01. The van der Waals surface area contributed by atoms with E-state index in [-0.39, 0.29) is 11.5 Å². The van der Waals surface area contributed by atoms with Crippen molar-refractivity contribution in [3.8, 4) is 5.75 Å². The third-order valence-electron chi connectivity index (χ3n) is 1.68. The SMILES string of the molecule is O=C(Oc1ccccc1F)c1ccno1. The summed E-state index contributed by atoms with van der Waals surface area (Å²) in [6.07, 6.45) is 1.30. The Hall–Kier alpha value is -2.17. The molecule has 2 rings (SSSR count). The number of aromatic nitrogens is 1. The van der Waals surface area contributed by atoms with Gasteiger partial charge >= 0.3 is 5.97 Å². The van der Waals surface area contributed by atoms with E-state index in [9.17, 15) is 9.18 Å². The number of benzene rings is 1. The first-order chi connectivity index (χ1) is 7.27. The molecule has 0 saturated carbocycles. The number of nitrogens with zero attached hydrogens (tertiary/aromatic N) is 1. The van der Waals surface area contributed by atoms with Gasteiger partial charge in [0.15, 0.2) is 11.6 Å². The second kappa shape index (κ2) is 3.91. The van der Waals surface area contributed by atoms with E-state index in [4.69, 9.17) is 4.74 Å². The molecule has 0 radical (unpaired) electrons. The van der Waals surface area contributed by atoms with Crippen LogP contribution in [0.2, 0.25) is 0 Å². The molecule has 0 aliphatic heterocycles. The molecule has 1 aromatic heterocycles. The van der Waals surface area contributed by atoms with Crippen molar-refractivity contribution in [2.75, 3.05) is 0 Å². The van der Waals surface area contributed by atoms with Gasteiger partial charge in [0.1, 0.15) is 0 Å². The molecule has 76 valence electrons. The van der Waals surface area contributed by atoms with Gasteiger partial charge in [-0.15, -0.1) is 0 Å². The van der Waals surface area contributed by atoms with Crippen LogP contribution in [0.5, 0.6) is 5.75 Å². The summed E-state index contributed by atoms with van der Waals surface area (Å²) in [6.45, 7) is 0. The van der Waals surface area contributed by atoms with E-state index in [2.05, 4.69) is 9.68 Å². The van der Waals surface area contributed by atoms with Crippen LogP contribution >= 0.6 is 0 Å². The Balaban J connectivity index is 2.17. The van der Waals surface area contributed by atoms with Crippen LogP contribution in [0.1, 0.15) is 10.6 Å². The molecule has 0 saturated heterocycles. The van der Waals surface area contributed by atoms with Gasteiger partial charge in [-0.25, -0.2) is 9.18 Å². The maximum absolute atomic E-state index is 13.1. The Morgan fingerprint density at radius 3 is 2.80 bits per heavy atom. The predicted octanol–water partition coefficient (Wildman–Crippen LogP) is 2.03. The van der Waals surface area contributed by atoms with Crippen LogP contribution < -0.4 is 4.74 Å². The normalized spacial score (nSPS) is 9.93. The highest BCUT2D eigenvalue weighted by atomic mass is 19.1. The van der Waals surface area contributed by atoms with Gasteiger partial charge in [-0.2, -0.15) is 0 Å². The van der Waals surface area contributed by atoms with Crippen molar-refractivity contribution >= 4 is 5.97 Å². The van der Waals surface area contributed by atoms with Crippen molar-refractivity contribution in [2.45, 2.75) is 0 Å². The molecule has 0 spiro atoms. The van der Waals surface area contributed by atoms with Gasteiger partial charge in [0.2, 0.25) is 5.76 Å².